The Labute approximate surface area is 563 Å². The van der Waals surface area contributed by atoms with Crippen molar-refractivity contribution in [3.05, 3.63) is 265 Å². The molecule has 0 fully saturated rings. The van der Waals surface area contributed by atoms with Crippen molar-refractivity contribution in [2.45, 2.75) is 90.8 Å². The van der Waals surface area contributed by atoms with Crippen LogP contribution in [0.3, 0.4) is 0 Å². The number of carboxylic acids is 1. The molecule has 12 heteroatoms. The second-order valence-electron chi connectivity index (χ2n) is 25.2. The van der Waals surface area contributed by atoms with Crippen LogP contribution in [0.1, 0.15) is 72.9 Å². The molecule has 0 radical (unpaired) electrons. The summed E-state index contributed by atoms with van der Waals surface area (Å²) in [5.74, 6) is 2.30. The maximum absolute atomic E-state index is 12.8. The monoisotopic (exact) mass is 1280 g/mol. The van der Waals surface area contributed by atoms with Gasteiger partial charge < -0.3 is 51.8 Å². The van der Waals surface area contributed by atoms with Crippen LogP contribution in [0, 0.1) is 0 Å². The van der Waals surface area contributed by atoms with E-state index >= 15 is 0 Å². The number of rotatable bonds is 31. The number of aryl methyl sites for hydroxylation is 4. The molecule has 0 unspecified atom stereocenters. The lowest BCUT2D eigenvalue weighted by Crippen LogP contribution is -2.06. The highest BCUT2D eigenvalue weighted by Crippen LogP contribution is 2.35. The summed E-state index contributed by atoms with van der Waals surface area (Å²) in [5.41, 5.74) is 11.6. The minimum absolute atomic E-state index is 0.0401. The average molecular weight is 1280 g/mol. The molecule has 97 heavy (non-hydrogen) atoms. The Bertz CT molecular complexity index is 4470. The van der Waals surface area contributed by atoms with Crippen LogP contribution in [0.4, 0.5) is 0 Å². The van der Waals surface area contributed by atoms with Crippen molar-refractivity contribution in [1.29, 1.82) is 0 Å². The summed E-state index contributed by atoms with van der Waals surface area (Å²) in [7, 11) is 0. The molecule has 15 aromatic rings. The van der Waals surface area contributed by atoms with Crippen molar-refractivity contribution in [2.24, 2.45) is 0 Å². The third-order valence-electron chi connectivity index (χ3n) is 18.7. The normalized spacial score (nSPS) is 11.7. The summed E-state index contributed by atoms with van der Waals surface area (Å²) >= 11 is 0. The Balaban J connectivity index is 0.621. The minimum atomic E-state index is -1.10. The highest BCUT2D eigenvalue weighted by molar-refractivity contribution is 6.10. The molecule has 486 valence electrons. The Kier molecular flexibility index (Phi) is 18.5. The summed E-state index contributed by atoms with van der Waals surface area (Å²) in [6.45, 7) is 5.75. The third-order valence-corrected chi connectivity index (χ3v) is 18.7. The first-order valence-corrected chi connectivity index (χ1v) is 34.2. The summed E-state index contributed by atoms with van der Waals surface area (Å²) in [5, 5.41) is 20.6. The van der Waals surface area contributed by atoms with Crippen LogP contribution in [0.15, 0.2) is 249 Å². The highest BCUT2D eigenvalue weighted by atomic mass is 16.5. The fraction of sp³-hybridized carbons (Fsp3) is 0.212. The second kappa shape index (κ2) is 28.9. The zero-order valence-corrected chi connectivity index (χ0v) is 54.5. The van der Waals surface area contributed by atoms with E-state index in [0.717, 1.165) is 88.7 Å². The van der Waals surface area contributed by atoms with Gasteiger partial charge in [0.15, 0.2) is 0 Å². The molecule has 12 nitrogen and oxygen atoms in total. The van der Waals surface area contributed by atoms with Gasteiger partial charge >= 0.3 is 5.97 Å². The van der Waals surface area contributed by atoms with E-state index in [1.807, 2.05) is 36.4 Å². The van der Waals surface area contributed by atoms with E-state index in [-0.39, 0.29) is 18.8 Å². The average Bonchev–Trinajstić information content (AvgIpc) is 1.68. The molecule has 0 bridgehead atoms. The van der Waals surface area contributed by atoms with Gasteiger partial charge in [0.2, 0.25) is 0 Å². The third kappa shape index (κ3) is 13.6. The lowest BCUT2D eigenvalue weighted by atomic mass is 10.2. The van der Waals surface area contributed by atoms with E-state index in [1.165, 1.54) is 99.4 Å². The highest BCUT2D eigenvalue weighted by Gasteiger charge is 2.17. The Morgan fingerprint density at radius 3 is 0.680 bits per heavy atom. The van der Waals surface area contributed by atoms with E-state index < -0.39 is 5.97 Å². The number of fused-ring (bicyclic) bond motifs is 12. The first-order valence-electron chi connectivity index (χ1n) is 34.2. The number of unbranched alkanes of at least 4 members (excludes halogenated alkanes) is 4. The van der Waals surface area contributed by atoms with Gasteiger partial charge in [0.1, 0.15) is 47.7 Å². The fourth-order valence-electron chi connectivity index (χ4n) is 14.2. The van der Waals surface area contributed by atoms with Crippen LogP contribution >= 0.6 is 0 Å². The number of carbonyl (C=O) groups is 1. The maximum Gasteiger partial charge on any atom is 0.335 e. The van der Waals surface area contributed by atoms with Crippen LogP contribution < -0.4 is 28.4 Å². The van der Waals surface area contributed by atoms with Gasteiger partial charge in [-0.1, -0.05) is 146 Å². The van der Waals surface area contributed by atoms with Gasteiger partial charge in [-0.05, 0) is 147 Å². The van der Waals surface area contributed by atoms with Crippen molar-refractivity contribution in [1.82, 2.24) is 18.3 Å². The van der Waals surface area contributed by atoms with E-state index in [2.05, 4.69) is 212 Å². The second-order valence-corrected chi connectivity index (χ2v) is 25.2. The van der Waals surface area contributed by atoms with Gasteiger partial charge in [0, 0.05) is 132 Å². The number of aromatic carboxylic acids is 1. The van der Waals surface area contributed by atoms with Gasteiger partial charge in [-0.25, -0.2) is 4.79 Å². The number of hydrogen-bond donors (Lipinski definition) is 1. The maximum atomic E-state index is 12.8. The molecule has 4 heterocycles. The Hall–Kier alpha value is -11.1. The molecular weight excluding hydrogens is 1200 g/mol. The molecule has 0 aliphatic heterocycles. The zero-order valence-electron chi connectivity index (χ0n) is 54.5. The standard InChI is InChI=1S/C85H78N4O8/c90-85(91)62-53-67(96-58-60-49-63(92-45-21-17-41-86-77-33-9-1-25-69(77)70-26-2-10-34-78(70)86)55-64(50-60)93-46-22-18-42-87-79-35-11-3-27-71(79)72-28-4-12-36-80(72)87)57-68(54-62)97-59-61-51-65(94-47-23-19-43-88-81-37-13-5-29-73(81)74-30-6-14-38-82(74)88)56-66(52-61)95-48-24-20-44-89-83-39-15-7-31-75(83)76-32-8-16-40-84(76)89/h1-16,25-40,49-57H,17-24,41-48,58-59H2,(H,90,91). The van der Waals surface area contributed by atoms with Crippen molar-refractivity contribution >= 4 is 93.2 Å². The van der Waals surface area contributed by atoms with E-state index in [4.69, 9.17) is 28.4 Å². The van der Waals surface area contributed by atoms with Crippen LogP contribution in [-0.4, -0.2) is 55.8 Å². The molecule has 11 aromatic carbocycles. The molecule has 4 aromatic heterocycles. The topological polar surface area (TPSA) is 112 Å². The first-order chi connectivity index (χ1) is 47.9. The van der Waals surface area contributed by atoms with Gasteiger partial charge in [0.05, 0.1) is 32.0 Å². The number of hydrogen-bond acceptors (Lipinski definition) is 7. The number of ether oxygens (including phenoxy) is 6. The van der Waals surface area contributed by atoms with Crippen molar-refractivity contribution < 1.29 is 38.3 Å². The summed E-state index contributed by atoms with van der Waals surface area (Å²) in [6, 6.07) is 85.5. The summed E-state index contributed by atoms with van der Waals surface area (Å²) in [6.07, 6.45) is 7.07. The Morgan fingerprint density at radius 2 is 0.464 bits per heavy atom. The number of carboxylic acid groups (broad SMARTS) is 1. The van der Waals surface area contributed by atoms with E-state index in [9.17, 15) is 9.90 Å². The number of benzene rings is 11. The number of nitrogens with zero attached hydrogens (tertiary/aromatic N) is 4. The minimum Gasteiger partial charge on any atom is -0.493 e. The lowest BCUT2D eigenvalue weighted by molar-refractivity contribution is 0.0695. The smallest absolute Gasteiger partial charge is 0.335 e. The lowest BCUT2D eigenvalue weighted by Gasteiger charge is -2.15. The van der Waals surface area contributed by atoms with E-state index in [0.29, 0.717) is 60.9 Å². The van der Waals surface area contributed by atoms with Crippen molar-refractivity contribution in [3.63, 3.8) is 0 Å². The summed E-state index contributed by atoms with van der Waals surface area (Å²) in [4.78, 5) is 12.8. The largest absolute Gasteiger partial charge is 0.493 e. The predicted molar refractivity (Wildman–Crippen MR) is 392 cm³/mol. The molecule has 0 saturated heterocycles. The van der Waals surface area contributed by atoms with Crippen molar-refractivity contribution in [3.8, 4) is 34.5 Å². The van der Waals surface area contributed by atoms with Crippen LogP contribution in [0.25, 0.3) is 87.2 Å². The fourth-order valence-corrected chi connectivity index (χ4v) is 14.2. The zero-order chi connectivity index (χ0) is 65.3. The molecule has 15 rings (SSSR count). The summed E-state index contributed by atoms with van der Waals surface area (Å²) < 4.78 is 48.8. The molecule has 0 aliphatic carbocycles. The number of aromatic nitrogens is 4. The molecule has 0 aliphatic rings. The molecule has 0 amide bonds. The molecule has 0 atom stereocenters. The number of para-hydroxylation sites is 8. The van der Waals surface area contributed by atoms with Gasteiger partial charge in [-0.3, -0.25) is 0 Å². The predicted octanol–water partition coefficient (Wildman–Crippen LogP) is 20.4. The van der Waals surface area contributed by atoms with Crippen LogP contribution in [-0.2, 0) is 39.4 Å². The SMILES string of the molecule is O=C(O)c1cc(OCc2cc(OCCCCn3c4ccccc4c4ccccc43)cc(OCCCCn3c4ccccc4c4ccccc43)c2)cc(OCc2cc(OCCCCn3c4ccccc4c4ccccc43)cc(OCCCCn3c4ccccc4c4ccccc43)c2)c1. The van der Waals surface area contributed by atoms with Crippen LogP contribution in [0.2, 0.25) is 0 Å². The van der Waals surface area contributed by atoms with Crippen LogP contribution in [0.5, 0.6) is 34.5 Å². The van der Waals surface area contributed by atoms with Gasteiger partial charge in [-0.15, -0.1) is 0 Å². The Morgan fingerprint density at radius 1 is 0.258 bits per heavy atom. The quantitative estimate of drug-likeness (QED) is 0.0428. The first kappa shape index (κ1) is 62.0. The van der Waals surface area contributed by atoms with Gasteiger partial charge in [0.25, 0.3) is 0 Å². The molecular formula is C85H78N4O8. The molecule has 0 spiro atoms. The van der Waals surface area contributed by atoms with E-state index in [1.54, 1.807) is 6.07 Å². The van der Waals surface area contributed by atoms with Crippen molar-refractivity contribution in [2.75, 3.05) is 26.4 Å². The molecule has 0 saturated carbocycles. The molecule has 1 N–H and O–H groups in total. The van der Waals surface area contributed by atoms with Gasteiger partial charge in [-0.2, -0.15) is 0 Å².